The molecule has 1 fully saturated rings. The van der Waals surface area contributed by atoms with Crippen molar-refractivity contribution in [1.29, 1.82) is 0 Å². The van der Waals surface area contributed by atoms with E-state index in [4.69, 9.17) is 10.5 Å². The monoisotopic (exact) mass is 279 g/mol. The van der Waals surface area contributed by atoms with Gasteiger partial charge in [0.2, 0.25) is 0 Å². The van der Waals surface area contributed by atoms with E-state index in [1.54, 1.807) is 0 Å². The molecule has 1 aliphatic rings. The topological polar surface area (TPSA) is 70.1 Å². The molecule has 0 spiro atoms. The fraction of sp³-hybridized carbons (Fsp3) is 0.733. The van der Waals surface area contributed by atoms with Crippen molar-refractivity contribution in [3.63, 3.8) is 0 Å². The number of esters is 1. The summed E-state index contributed by atoms with van der Waals surface area (Å²) in [4.78, 5) is 11.9. The molecule has 5 heteroatoms. The van der Waals surface area contributed by atoms with Crippen LogP contribution in [0.2, 0.25) is 0 Å². The lowest BCUT2D eigenvalue weighted by molar-refractivity contribution is -0.148. The fourth-order valence-corrected chi connectivity index (χ4v) is 3.25. The second-order valence-electron chi connectivity index (χ2n) is 5.93. The van der Waals surface area contributed by atoms with E-state index in [0.717, 1.165) is 37.9 Å². The van der Waals surface area contributed by atoms with Gasteiger partial charge in [-0.05, 0) is 51.5 Å². The van der Waals surface area contributed by atoms with Crippen molar-refractivity contribution in [2.75, 3.05) is 7.11 Å². The van der Waals surface area contributed by atoms with Crippen LogP contribution in [0.25, 0.3) is 0 Å². The summed E-state index contributed by atoms with van der Waals surface area (Å²) in [7, 11) is 1.41. The van der Waals surface area contributed by atoms with Crippen LogP contribution < -0.4 is 5.73 Å². The molecule has 1 heterocycles. The van der Waals surface area contributed by atoms with Crippen LogP contribution in [0.4, 0.5) is 0 Å². The van der Waals surface area contributed by atoms with Crippen LogP contribution >= 0.6 is 0 Å². The Bertz CT molecular complexity index is 509. The number of nitrogens with zero attached hydrogens (tertiary/aromatic N) is 2. The van der Waals surface area contributed by atoms with Gasteiger partial charge in [-0.3, -0.25) is 9.48 Å². The molecule has 1 aromatic heterocycles. The van der Waals surface area contributed by atoms with Gasteiger partial charge < -0.3 is 10.5 Å². The first kappa shape index (κ1) is 15.0. The minimum absolute atomic E-state index is 0.180. The van der Waals surface area contributed by atoms with Crippen LogP contribution in [0, 0.1) is 26.7 Å². The number of aromatic nitrogens is 2. The van der Waals surface area contributed by atoms with E-state index in [1.165, 1.54) is 18.4 Å². The first-order chi connectivity index (χ1) is 9.40. The Morgan fingerprint density at radius 1 is 1.50 bits per heavy atom. The van der Waals surface area contributed by atoms with Crippen LogP contribution in [-0.4, -0.2) is 28.4 Å². The molecule has 2 unspecified atom stereocenters. The predicted molar refractivity (Wildman–Crippen MR) is 77.3 cm³/mol. The third-order valence-electron chi connectivity index (χ3n) is 4.87. The summed E-state index contributed by atoms with van der Waals surface area (Å²) in [6.45, 7) is 7.00. The third kappa shape index (κ3) is 2.46. The zero-order valence-corrected chi connectivity index (χ0v) is 12.9. The van der Waals surface area contributed by atoms with E-state index in [0.29, 0.717) is 0 Å². The van der Waals surface area contributed by atoms with Crippen LogP contribution in [0.15, 0.2) is 0 Å². The summed E-state index contributed by atoms with van der Waals surface area (Å²) in [5, 5.41) is 4.54. The predicted octanol–water partition coefficient (Wildman–Crippen LogP) is 1.87. The zero-order chi connectivity index (χ0) is 14.9. The molecule has 2 rings (SSSR count). The molecule has 2 N–H and O–H groups in total. The number of hydrogen-bond donors (Lipinski definition) is 1. The van der Waals surface area contributed by atoms with Gasteiger partial charge in [0.1, 0.15) is 5.54 Å². The highest BCUT2D eigenvalue weighted by Gasteiger charge is 2.46. The summed E-state index contributed by atoms with van der Waals surface area (Å²) in [5.41, 5.74) is 8.99. The fourth-order valence-electron chi connectivity index (χ4n) is 3.25. The summed E-state index contributed by atoms with van der Waals surface area (Å²) in [6, 6.07) is 0. The van der Waals surface area contributed by atoms with E-state index in [1.807, 2.05) is 11.6 Å². The van der Waals surface area contributed by atoms with E-state index < -0.39 is 5.54 Å². The Balaban J connectivity index is 2.06. The van der Waals surface area contributed by atoms with Gasteiger partial charge in [0.15, 0.2) is 0 Å². The molecule has 0 aliphatic heterocycles. The van der Waals surface area contributed by atoms with E-state index in [9.17, 15) is 4.79 Å². The Hall–Kier alpha value is -1.36. The highest BCUT2D eigenvalue weighted by molar-refractivity contribution is 5.81. The van der Waals surface area contributed by atoms with Gasteiger partial charge in [-0.2, -0.15) is 5.10 Å². The number of aryl methyl sites for hydroxylation is 2. The molecule has 1 aromatic rings. The van der Waals surface area contributed by atoms with Gasteiger partial charge in [0.05, 0.1) is 12.8 Å². The molecule has 1 aliphatic carbocycles. The van der Waals surface area contributed by atoms with Gasteiger partial charge >= 0.3 is 5.97 Å². The highest BCUT2D eigenvalue weighted by Crippen LogP contribution is 2.37. The Labute approximate surface area is 120 Å². The molecule has 0 radical (unpaired) electrons. The molecule has 0 bridgehead atoms. The number of ether oxygens (including phenoxy) is 1. The number of carbonyl (C=O) groups is 1. The second-order valence-corrected chi connectivity index (χ2v) is 5.93. The lowest BCUT2D eigenvalue weighted by Gasteiger charge is -2.28. The maximum Gasteiger partial charge on any atom is 0.326 e. The standard InChI is InChI=1S/C15H25N3O2/c1-10-11(2)17-18(12(10)3)9-7-13-6-5-8-15(13,16)14(19)20-4/h13H,5-9,16H2,1-4H3. The summed E-state index contributed by atoms with van der Waals surface area (Å²) in [5.74, 6) is -0.0938. The zero-order valence-electron chi connectivity index (χ0n) is 12.9. The van der Waals surface area contributed by atoms with E-state index in [-0.39, 0.29) is 11.9 Å². The summed E-state index contributed by atoms with van der Waals surface area (Å²) < 4.78 is 6.91. The van der Waals surface area contributed by atoms with Gasteiger partial charge in [0, 0.05) is 12.2 Å². The average molecular weight is 279 g/mol. The lowest BCUT2D eigenvalue weighted by atomic mass is 9.85. The van der Waals surface area contributed by atoms with Crippen LogP contribution in [0.1, 0.15) is 42.6 Å². The van der Waals surface area contributed by atoms with E-state index in [2.05, 4.69) is 18.9 Å². The van der Waals surface area contributed by atoms with Gasteiger partial charge in [-0.15, -0.1) is 0 Å². The minimum Gasteiger partial charge on any atom is -0.468 e. The van der Waals surface area contributed by atoms with Gasteiger partial charge in [0.25, 0.3) is 0 Å². The molecule has 1 saturated carbocycles. The number of nitrogens with two attached hydrogens (primary N) is 1. The molecule has 2 atom stereocenters. The highest BCUT2D eigenvalue weighted by atomic mass is 16.5. The van der Waals surface area contributed by atoms with Crippen molar-refractivity contribution >= 4 is 5.97 Å². The van der Waals surface area contributed by atoms with Crippen molar-refractivity contribution in [3.8, 4) is 0 Å². The minimum atomic E-state index is -0.806. The molecule has 0 amide bonds. The molecule has 0 aromatic carbocycles. The largest absolute Gasteiger partial charge is 0.468 e. The Morgan fingerprint density at radius 2 is 2.20 bits per heavy atom. The third-order valence-corrected chi connectivity index (χ3v) is 4.87. The molecule has 5 nitrogen and oxygen atoms in total. The smallest absolute Gasteiger partial charge is 0.326 e. The lowest BCUT2D eigenvalue weighted by Crippen LogP contribution is -2.51. The normalized spacial score (nSPS) is 25.9. The first-order valence-corrected chi connectivity index (χ1v) is 7.28. The second kappa shape index (κ2) is 5.56. The number of carbonyl (C=O) groups excluding carboxylic acids is 1. The van der Waals surface area contributed by atoms with Crippen molar-refractivity contribution in [3.05, 3.63) is 17.0 Å². The molecular weight excluding hydrogens is 254 g/mol. The Morgan fingerprint density at radius 3 is 2.75 bits per heavy atom. The Kier molecular flexibility index (Phi) is 4.18. The number of hydrogen-bond acceptors (Lipinski definition) is 4. The summed E-state index contributed by atoms with van der Waals surface area (Å²) >= 11 is 0. The molecule has 112 valence electrons. The van der Waals surface area contributed by atoms with Crippen molar-refractivity contribution in [1.82, 2.24) is 9.78 Å². The van der Waals surface area contributed by atoms with Crippen molar-refractivity contribution < 1.29 is 9.53 Å². The van der Waals surface area contributed by atoms with Crippen LogP contribution in [-0.2, 0) is 16.1 Å². The van der Waals surface area contributed by atoms with Crippen molar-refractivity contribution in [2.24, 2.45) is 11.7 Å². The van der Waals surface area contributed by atoms with Gasteiger partial charge in [-0.1, -0.05) is 6.42 Å². The maximum absolute atomic E-state index is 11.9. The van der Waals surface area contributed by atoms with Gasteiger partial charge in [-0.25, -0.2) is 0 Å². The quantitative estimate of drug-likeness (QED) is 0.854. The van der Waals surface area contributed by atoms with Crippen LogP contribution in [0.3, 0.4) is 0 Å². The summed E-state index contributed by atoms with van der Waals surface area (Å²) in [6.07, 6.45) is 3.57. The first-order valence-electron chi connectivity index (χ1n) is 7.28. The number of methoxy groups -OCH3 is 1. The average Bonchev–Trinajstić information content (AvgIpc) is 2.92. The van der Waals surface area contributed by atoms with Crippen molar-refractivity contribution in [2.45, 2.75) is 58.5 Å². The molecule has 0 saturated heterocycles. The molecular formula is C15H25N3O2. The SMILES string of the molecule is COC(=O)C1(N)CCCC1CCn1nc(C)c(C)c1C. The number of rotatable bonds is 4. The van der Waals surface area contributed by atoms with Crippen LogP contribution in [0.5, 0.6) is 0 Å². The maximum atomic E-state index is 11.9. The molecule has 20 heavy (non-hydrogen) atoms. The van der Waals surface area contributed by atoms with E-state index >= 15 is 0 Å².